The summed E-state index contributed by atoms with van der Waals surface area (Å²) in [6.07, 6.45) is 5.92. The highest BCUT2D eigenvalue weighted by Crippen LogP contribution is 2.49. The monoisotopic (exact) mass is 327 g/mol. The molecule has 0 aromatic heterocycles. The molecule has 0 heterocycles. The normalized spacial score (nSPS) is 26.4. The Morgan fingerprint density at radius 3 is 2.54 bits per heavy atom. The van der Waals surface area contributed by atoms with Crippen molar-refractivity contribution < 1.29 is 9.59 Å². The van der Waals surface area contributed by atoms with Gasteiger partial charge >= 0.3 is 0 Å². The van der Waals surface area contributed by atoms with E-state index in [1.807, 2.05) is 32.0 Å². The lowest BCUT2D eigenvalue weighted by atomic mass is 9.84. The highest BCUT2D eigenvalue weighted by Gasteiger charge is 2.42. The minimum Gasteiger partial charge on any atom is -0.353 e. The van der Waals surface area contributed by atoms with Crippen LogP contribution in [0.25, 0.3) is 0 Å². The number of benzene rings is 1. The van der Waals surface area contributed by atoms with E-state index < -0.39 is 0 Å². The van der Waals surface area contributed by atoms with Gasteiger partial charge in [0.25, 0.3) is 0 Å². The third-order valence-electron chi connectivity index (χ3n) is 6.23. The maximum Gasteiger partial charge on any atom is 0.220 e. The zero-order valence-corrected chi connectivity index (χ0v) is 15.1. The topological polar surface area (TPSA) is 46.2 Å². The van der Waals surface area contributed by atoms with Gasteiger partial charge in [-0.1, -0.05) is 18.6 Å². The molecular weight excluding hydrogens is 298 g/mol. The molecular formula is C21H29NO2. The first-order chi connectivity index (χ1) is 11.4. The second-order valence-corrected chi connectivity index (χ2v) is 7.92. The molecule has 4 atom stereocenters. The minimum atomic E-state index is 0.0162. The van der Waals surface area contributed by atoms with Crippen molar-refractivity contribution in [3.63, 3.8) is 0 Å². The van der Waals surface area contributed by atoms with Crippen LogP contribution in [0.3, 0.4) is 0 Å². The molecule has 3 nitrogen and oxygen atoms in total. The fourth-order valence-corrected chi connectivity index (χ4v) is 4.63. The number of nitrogens with one attached hydrogen (secondary N) is 1. The first-order valence-corrected chi connectivity index (χ1v) is 9.34. The highest BCUT2D eigenvalue weighted by molar-refractivity contribution is 5.98. The van der Waals surface area contributed by atoms with Crippen molar-refractivity contribution in [3.05, 3.63) is 34.9 Å². The van der Waals surface area contributed by atoms with Gasteiger partial charge in [-0.2, -0.15) is 0 Å². The van der Waals surface area contributed by atoms with Crippen LogP contribution in [0.1, 0.15) is 66.9 Å². The van der Waals surface area contributed by atoms with Crippen molar-refractivity contribution in [1.82, 2.24) is 5.32 Å². The average Bonchev–Trinajstić information content (AvgIpc) is 3.18. The largest absolute Gasteiger partial charge is 0.353 e. The number of hydrogen-bond acceptors (Lipinski definition) is 2. The fourth-order valence-electron chi connectivity index (χ4n) is 4.63. The molecule has 2 aliphatic rings. The highest BCUT2D eigenvalue weighted by atomic mass is 16.2. The summed E-state index contributed by atoms with van der Waals surface area (Å²) < 4.78 is 0. The van der Waals surface area contributed by atoms with E-state index in [1.54, 1.807) is 0 Å². The molecule has 2 fully saturated rings. The summed E-state index contributed by atoms with van der Waals surface area (Å²) in [4.78, 5) is 24.5. The summed E-state index contributed by atoms with van der Waals surface area (Å²) in [6, 6.07) is 6.00. The van der Waals surface area contributed by atoms with Crippen LogP contribution in [-0.4, -0.2) is 17.7 Å². The van der Waals surface area contributed by atoms with Gasteiger partial charge in [0.1, 0.15) is 0 Å². The van der Waals surface area contributed by atoms with Crippen LogP contribution in [-0.2, 0) is 4.79 Å². The van der Waals surface area contributed by atoms with Crippen molar-refractivity contribution in [1.29, 1.82) is 0 Å². The molecule has 2 aliphatic carbocycles. The van der Waals surface area contributed by atoms with Gasteiger partial charge in [0, 0.05) is 24.4 Å². The maximum absolute atomic E-state index is 12.3. The number of carbonyl (C=O) groups is 2. The van der Waals surface area contributed by atoms with Crippen molar-refractivity contribution in [3.8, 4) is 0 Å². The third-order valence-corrected chi connectivity index (χ3v) is 6.23. The summed E-state index contributed by atoms with van der Waals surface area (Å²) >= 11 is 0. The Hall–Kier alpha value is -1.64. The van der Waals surface area contributed by atoms with Crippen molar-refractivity contribution in [2.75, 3.05) is 0 Å². The second kappa shape index (κ2) is 7.08. The van der Waals surface area contributed by atoms with Crippen LogP contribution in [0, 0.1) is 31.6 Å². The molecule has 0 aliphatic heterocycles. The summed E-state index contributed by atoms with van der Waals surface area (Å²) in [5.41, 5.74) is 3.02. The molecule has 130 valence electrons. The molecule has 0 saturated heterocycles. The fraction of sp³-hybridized carbons (Fsp3) is 0.619. The van der Waals surface area contributed by atoms with Crippen molar-refractivity contribution in [2.45, 2.75) is 65.3 Å². The minimum absolute atomic E-state index is 0.0162. The van der Waals surface area contributed by atoms with E-state index in [0.717, 1.165) is 17.4 Å². The van der Waals surface area contributed by atoms with Crippen molar-refractivity contribution >= 4 is 11.7 Å². The van der Waals surface area contributed by atoms with Crippen LogP contribution in [0.2, 0.25) is 0 Å². The number of rotatable bonds is 6. The van der Waals surface area contributed by atoms with Gasteiger partial charge in [-0.3, -0.25) is 9.59 Å². The zero-order valence-electron chi connectivity index (χ0n) is 15.1. The van der Waals surface area contributed by atoms with Gasteiger partial charge in [-0.25, -0.2) is 0 Å². The Balaban J connectivity index is 1.46. The molecule has 1 N–H and O–H groups in total. The molecule has 1 aromatic carbocycles. The number of fused-ring (bicyclic) bond motifs is 2. The SMILES string of the molecule is Cc1ccc(C(=O)CCC(=O)N[C@H](C)[C@H]2C[C@H]3CC[C@H]2C3)cc1C. The van der Waals surface area contributed by atoms with E-state index in [-0.39, 0.29) is 30.6 Å². The molecule has 3 rings (SSSR count). The average molecular weight is 327 g/mol. The Bertz CT molecular complexity index is 637. The van der Waals surface area contributed by atoms with Gasteiger partial charge in [0.2, 0.25) is 5.91 Å². The van der Waals surface area contributed by atoms with Gasteiger partial charge in [-0.05, 0) is 75.0 Å². The van der Waals surface area contributed by atoms with E-state index >= 15 is 0 Å². The first kappa shape index (κ1) is 17.2. The molecule has 2 bridgehead atoms. The Morgan fingerprint density at radius 1 is 1.12 bits per heavy atom. The number of aryl methyl sites for hydroxylation is 2. The molecule has 3 heteroatoms. The van der Waals surface area contributed by atoms with Gasteiger partial charge in [0.15, 0.2) is 5.78 Å². The number of carbonyl (C=O) groups excluding carboxylic acids is 2. The molecule has 0 unspecified atom stereocenters. The molecule has 24 heavy (non-hydrogen) atoms. The number of amides is 1. The van der Waals surface area contributed by atoms with E-state index in [1.165, 1.54) is 31.2 Å². The van der Waals surface area contributed by atoms with Crippen LogP contribution in [0.5, 0.6) is 0 Å². The van der Waals surface area contributed by atoms with Crippen molar-refractivity contribution in [2.24, 2.45) is 17.8 Å². The first-order valence-electron chi connectivity index (χ1n) is 9.34. The van der Waals surface area contributed by atoms with E-state index in [4.69, 9.17) is 0 Å². The standard InChI is InChI=1S/C21H29NO2/c1-13-4-6-18(10-14(13)2)20(23)8-9-21(24)22-15(3)19-12-16-5-7-17(19)11-16/h4,6,10,15-17,19H,5,7-9,11-12H2,1-3H3,(H,22,24)/t15-,16+,17+,19-/m1/s1. The number of Topliss-reactive ketones (excluding diaryl/α,β-unsaturated/α-hetero) is 1. The molecule has 0 radical (unpaired) electrons. The van der Waals surface area contributed by atoms with E-state index in [2.05, 4.69) is 12.2 Å². The quantitative estimate of drug-likeness (QED) is 0.796. The molecule has 2 saturated carbocycles. The van der Waals surface area contributed by atoms with Crippen LogP contribution in [0.4, 0.5) is 0 Å². The summed E-state index contributed by atoms with van der Waals surface area (Å²) in [6.45, 7) is 6.18. The second-order valence-electron chi connectivity index (χ2n) is 7.92. The maximum atomic E-state index is 12.3. The Kier molecular flexibility index (Phi) is 5.07. The lowest BCUT2D eigenvalue weighted by Crippen LogP contribution is -2.40. The predicted octanol–water partition coefficient (Wildman–Crippen LogP) is 4.21. The predicted molar refractivity (Wildman–Crippen MR) is 96.0 cm³/mol. The molecule has 0 spiro atoms. The Labute approximate surface area is 145 Å². The van der Waals surface area contributed by atoms with Crippen LogP contribution < -0.4 is 5.32 Å². The number of hydrogen-bond donors (Lipinski definition) is 1. The van der Waals surface area contributed by atoms with Gasteiger partial charge < -0.3 is 5.32 Å². The summed E-state index contributed by atoms with van der Waals surface area (Å²) in [7, 11) is 0. The smallest absolute Gasteiger partial charge is 0.220 e. The Morgan fingerprint density at radius 2 is 1.92 bits per heavy atom. The van der Waals surface area contributed by atoms with Gasteiger partial charge in [0.05, 0.1) is 0 Å². The summed E-state index contributed by atoms with van der Waals surface area (Å²) in [5.74, 6) is 2.42. The van der Waals surface area contributed by atoms with Crippen LogP contribution in [0.15, 0.2) is 18.2 Å². The summed E-state index contributed by atoms with van der Waals surface area (Å²) in [5, 5.41) is 3.14. The number of ketones is 1. The lowest BCUT2D eigenvalue weighted by Gasteiger charge is -2.28. The van der Waals surface area contributed by atoms with Gasteiger partial charge in [-0.15, -0.1) is 0 Å². The van der Waals surface area contributed by atoms with Crippen LogP contribution >= 0.6 is 0 Å². The molecule has 1 aromatic rings. The van der Waals surface area contributed by atoms with E-state index in [9.17, 15) is 9.59 Å². The van der Waals surface area contributed by atoms with E-state index in [0.29, 0.717) is 11.5 Å². The zero-order chi connectivity index (χ0) is 17.3. The third kappa shape index (κ3) is 3.71. The molecule has 1 amide bonds. The lowest BCUT2D eigenvalue weighted by molar-refractivity contribution is -0.122.